The van der Waals surface area contributed by atoms with Gasteiger partial charge in [0.25, 0.3) is 0 Å². The van der Waals surface area contributed by atoms with Crippen molar-refractivity contribution in [2.75, 3.05) is 18.5 Å². The quantitative estimate of drug-likeness (QED) is 0.790. The lowest BCUT2D eigenvalue weighted by Gasteiger charge is -2.23. The van der Waals surface area contributed by atoms with Crippen LogP contribution in [0.2, 0.25) is 5.02 Å². The van der Waals surface area contributed by atoms with Crippen molar-refractivity contribution in [3.8, 4) is 0 Å². The van der Waals surface area contributed by atoms with Crippen molar-refractivity contribution in [3.63, 3.8) is 0 Å². The minimum Gasteiger partial charge on any atom is -0.464 e. The van der Waals surface area contributed by atoms with Crippen molar-refractivity contribution in [1.29, 1.82) is 0 Å². The second-order valence-corrected chi connectivity index (χ2v) is 5.19. The number of halogens is 1. The summed E-state index contributed by atoms with van der Waals surface area (Å²) in [6.07, 6.45) is 0. The lowest BCUT2D eigenvalue weighted by molar-refractivity contribution is -0.151. The molecule has 0 aliphatic rings. The Labute approximate surface area is 123 Å². The molecule has 6 heteroatoms. The van der Waals surface area contributed by atoms with Gasteiger partial charge in [0.2, 0.25) is 5.91 Å². The molecule has 1 rings (SSSR count). The Morgan fingerprint density at radius 3 is 2.40 bits per heavy atom. The van der Waals surface area contributed by atoms with Gasteiger partial charge in [-0.05, 0) is 45.0 Å². The lowest BCUT2D eigenvalue weighted by atomic mass is 10.1. The molecular weight excluding hydrogens is 280 g/mol. The maximum absolute atomic E-state index is 11.8. The fraction of sp³-hybridized carbons (Fsp3) is 0.429. The molecule has 0 saturated heterocycles. The number of ether oxygens (including phenoxy) is 1. The summed E-state index contributed by atoms with van der Waals surface area (Å²) in [5.74, 6) is -0.752. The molecule has 0 heterocycles. The largest absolute Gasteiger partial charge is 0.464 e. The molecule has 0 saturated carbocycles. The molecule has 0 unspecified atom stereocenters. The van der Waals surface area contributed by atoms with Crippen LogP contribution in [0.15, 0.2) is 24.3 Å². The van der Waals surface area contributed by atoms with E-state index in [4.69, 9.17) is 16.3 Å². The Balaban J connectivity index is 2.47. The third-order valence-corrected chi connectivity index (χ3v) is 2.79. The topological polar surface area (TPSA) is 67.4 Å². The molecular formula is C14H19ClN2O3. The highest BCUT2D eigenvalue weighted by Crippen LogP contribution is 2.13. The van der Waals surface area contributed by atoms with E-state index in [0.29, 0.717) is 5.02 Å². The van der Waals surface area contributed by atoms with Gasteiger partial charge in [-0.3, -0.25) is 4.79 Å². The average molecular weight is 299 g/mol. The average Bonchev–Trinajstić information content (AvgIpc) is 2.38. The fourth-order valence-electron chi connectivity index (χ4n) is 1.51. The smallest absolute Gasteiger partial charge is 0.331 e. The van der Waals surface area contributed by atoms with Crippen LogP contribution in [0.3, 0.4) is 0 Å². The summed E-state index contributed by atoms with van der Waals surface area (Å²) in [4.78, 5) is 23.4. The molecule has 0 radical (unpaired) electrons. The van der Waals surface area contributed by atoms with Crippen LogP contribution in [0.5, 0.6) is 0 Å². The Bertz CT molecular complexity index is 472. The normalized spacial score (nSPS) is 10.8. The Kier molecular flexibility index (Phi) is 5.82. The van der Waals surface area contributed by atoms with Gasteiger partial charge in [0.05, 0.1) is 13.2 Å². The first-order valence-electron chi connectivity index (χ1n) is 6.33. The van der Waals surface area contributed by atoms with Crippen LogP contribution in [0.25, 0.3) is 0 Å². The van der Waals surface area contributed by atoms with E-state index >= 15 is 0 Å². The predicted octanol–water partition coefficient (Wildman–Crippen LogP) is 2.21. The zero-order valence-electron chi connectivity index (χ0n) is 11.8. The standard InChI is InChI=1S/C14H19ClN2O3/c1-4-20-13(19)14(2,3)17-12(18)9-16-11-7-5-10(15)6-8-11/h5-8,16H,4,9H2,1-3H3,(H,17,18). The summed E-state index contributed by atoms with van der Waals surface area (Å²) < 4.78 is 4.89. The van der Waals surface area contributed by atoms with E-state index in [0.717, 1.165) is 5.69 Å². The summed E-state index contributed by atoms with van der Waals surface area (Å²) in [7, 11) is 0. The number of amides is 1. The highest BCUT2D eigenvalue weighted by molar-refractivity contribution is 6.30. The molecule has 0 aromatic heterocycles. The molecule has 1 amide bonds. The van der Waals surface area contributed by atoms with Crippen molar-refractivity contribution in [2.45, 2.75) is 26.3 Å². The second kappa shape index (κ2) is 7.14. The van der Waals surface area contributed by atoms with Crippen LogP contribution in [0.1, 0.15) is 20.8 Å². The van der Waals surface area contributed by atoms with Crippen LogP contribution in [0.4, 0.5) is 5.69 Å². The van der Waals surface area contributed by atoms with E-state index in [-0.39, 0.29) is 19.1 Å². The minimum atomic E-state index is -1.05. The first kappa shape index (κ1) is 16.3. The molecule has 0 bridgehead atoms. The summed E-state index contributed by atoms with van der Waals surface area (Å²) >= 11 is 5.77. The zero-order chi connectivity index (χ0) is 15.2. The Hall–Kier alpha value is -1.75. The molecule has 0 aliphatic heterocycles. The van der Waals surface area contributed by atoms with E-state index in [1.165, 1.54) is 0 Å². The van der Waals surface area contributed by atoms with E-state index in [9.17, 15) is 9.59 Å². The number of esters is 1. The molecule has 5 nitrogen and oxygen atoms in total. The summed E-state index contributed by atoms with van der Waals surface area (Å²) in [6, 6.07) is 6.99. The maximum Gasteiger partial charge on any atom is 0.331 e. The second-order valence-electron chi connectivity index (χ2n) is 4.75. The molecule has 2 N–H and O–H groups in total. The molecule has 0 atom stereocenters. The van der Waals surface area contributed by atoms with Gasteiger partial charge in [0.15, 0.2) is 0 Å². The number of anilines is 1. The molecule has 20 heavy (non-hydrogen) atoms. The number of hydrogen-bond acceptors (Lipinski definition) is 4. The predicted molar refractivity (Wildman–Crippen MR) is 78.8 cm³/mol. The molecule has 0 aliphatic carbocycles. The first-order valence-corrected chi connectivity index (χ1v) is 6.70. The van der Waals surface area contributed by atoms with Gasteiger partial charge >= 0.3 is 5.97 Å². The number of rotatable bonds is 6. The molecule has 0 spiro atoms. The van der Waals surface area contributed by atoms with Crippen molar-refractivity contribution in [1.82, 2.24) is 5.32 Å². The van der Waals surface area contributed by atoms with Gasteiger partial charge in [0, 0.05) is 10.7 Å². The molecule has 110 valence electrons. The summed E-state index contributed by atoms with van der Waals surface area (Å²) in [6.45, 7) is 5.26. The lowest BCUT2D eigenvalue weighted by Crippen LogP contribution is -2.52. The van der Waals surface area contributed by atoms with E-state index < -0.39 is 11.5 Å². The first-order chi connectivity index (χ1) is 9.35. The number of nitrogens with one attached hydrogen (secondary N) is 2. The van der Waals surface area contributed by atoms with Gasteiger partial charge in [-0.15, -0.1) is 0 Å². The van der Waals surface area contributed by atoms with Crippen molar-refractivity contribution < 1.29 is 14.3 Å². The van der Waals surface area contributed by atoms with Crippen molar-refractivity contribution in [2.24, 2.45) is 0 Å². The van der Waals surface area contributed by atoms with Crippen LogP contribution < -0.4 is 10.6 Å². The third kappa shape index (κ3) is 5.09. The SMILES string of the molecule is CCOC(=O)C(C)(C)NC(=O)CNc1ccc(Cl)cc1. The highest BCUT2D eigenvalue weighted by atomic mass is 35.5. The van der Waals surface area contributed by atoms with Crippen molar-refractivity contribution >= 4 is 29.2 Å². The van der Waals surface area contributed by atoms with Crippen LogP contribution in [-0.4, -0.2) is 30.6 Å². The zero-order valence-corrected chi connectivity index (χ0v) is 12.6. The number of benzene rings is 1. The summed E-state index contributed by atoms with van der Waals surface area (Å²) in [5.41, 5.74) is -0.270. The number of carbonyl (C=O) groups is 2. The van der Waals surface area contributed by atoms with Gasteiger partial charge in [-0.2, -0.15) is 0 Å². The fourth-order valence-corrected chi connectivity index (χ4v) is 1.63. The Morgan fingerprint density at radius 1 is 1.25 bits per heavy atom. The van der Waals surface area contributed by atoms with Crippen LogP contribution in [-0.2, 0) is 14.3 Å². The maximum atomic E-state index is 11.8. The molecule has 0 fully saturated rings. The van der Waals surface area contributed by atoms with Gasteiger partial charge in [-0.25, -0.2) is 4.79 Å². The molecule has 1 aromatic rings. The van der Waals surface area contributed by atoms with Gasteiger partial charge in [0.1, 0.15) is 5.54 Å². The summed E-state index contributed by atoms with van der Waals surface area (Å²) in [5, 5.41) is 6.19. The van der Waals surface area contributed by atoms with Gasteiger partial charge < -0.3 is 15.4 Å². The van der Waals surface area contributed by atoms with Gasteiger partial charge in [-0.1, -0.05) is 11.6 Å². The van der Waals surface area contributed by atoms with Crippen LogP contribution in [0, 0.1) is 0 Å². The highest BCUT2D eigenvalue weighted by Gasteiger charge is 2.30. The monoisotopic (exact) mass is 298 g/mol. The third-order valence-electron chi connectivity index (χ3n) is 2.53. The Morgan fingerprint density at radius 2 is 1.85 bits per heavy atom. The van der Waals surface area contributed by atoms with E-state index in [1.54, 1.807) is 45.0 Å². The van der Waals surface area contributed by atoms with E-state index in [1.807, 2.05) is 0 Å². The molecule has 1 aromatic carbocycles. The number of carbonyl (C=O) groups excluding carboxylic acids is 2. The number of hydrogen-bond donors (Lipinski definition) is 2. The minimum absolute atomic E-state index is 0.0600. The van der Waals surface area contributed by atoms with Crippen LogP contribution >= 0.6 is 11.6 Å². The van der Waals surface area contributed by atoms with Crippen molar-refractivity contribution in [3.05, 3.63) is 29.3 Å². The van der Waals surface area contributed by atoms with E-state index in [2.05, 4.69) is 10.6 Å².